The molecule has 1 heterocycles. The van der Waals surface area contributed by atoms with E-state index in [9.17, 15) is 9.59 Å². The molecule has 1 N–H and O–H groups in total. The van der Waals surface area contributed by atoms with Gasteiger partial charge in [0, 0.05) is 26.2 Å². The summed E-state index contributed by atoms with van der Waals surface area (Å²) in [5.74, 6) is -0.840. The van der Waals surface area contributed by atoms with Gasteiger partial charge in [0.05, 0.1) is 6.61 Å². The molecule has 0 atom stereocenters. The molecule has 1 amide bonds. The molecule has 7 heteroatoms. The Morgan fingerprint density at radius 3 is 2.70 bits per heavy atom. The smallest absolute Gasteiger partial charge is 0.341 e. The van der Waals surface area contributed by atoms with E-state index in [2.05, 4.69) is 5.32 Å². The number of rotatable bonds is 5. The number of nitrogens with one attached hydrogen (secondary N) is 1. The van der Waals surface area contributed by atoms with Crippen LogP contribution in [0.25, 0.3) is 16.2 Å². The van der Waals surface area contributed by atoms with Gasteiger partial charge >= 0.3 is 5.97 Å². The molecule has 3 rings (SSSR count). The molecule has 4 nitrogen and oxygen atoms in total. The molecule has 1 aromatic heterocycles. The Morgan fingerprint density at radius 1 is 1.19 bits per heavy atom. The fourth-order valence-corrected chi connectivity index (χ4v) is 4.06. The summed E-state index contributed by atoms with van der Waals surface area (Å²) in [5.41, 5.74) is 1.03. The van der Waals surface area contributed by atoms with Gasteiger partial charge in [-0.05, 0) is 36.8 Å². The number of fused-ring (bicyclic) bond motifs is 1. The molecule has 138 valence electrons. The van der Waals surface area contributed by atoms with E-state index in [1.165, 1.54) is 17.4 Å². The van der Waals surface area contributed by atoms with Gasteiger partial charge in [-0.1, -0.05) is 47.5 Å². The Kier molecular flexibility index (Phi) is 6.16. The summed E-state index contributed by atoms with van der Waals surface area (Å²) in [4.78, 5) is 24.7. The zero-order valence-electron chi connectivity index (χ0n) is 14.3. The number of thiophene rings is 1. The topological polar surface area (TPSA) is 55.4 Å². The minimum Gasteiger partial charge on any atom is -0.462 e. The normalized spacial score (nSPS) is 11.1. The monoisotopic (exact) mass is 419 g/mol. The van der Waals surface area contributed by atoms with E-state index in [0.29, 0.717) is 26.2 Å². The van der Waals surface area contributed by atoms with Crippen LogP contribution in [0, 0.1) is 0 Å². The van der Waals surface area contributed by atoms with Crippen molar-refractivity contribution in [3.63, 3.8) is 0 Å². The van der Waals surface area contributed by atoms with Crippen molar-refractivity contribution < 1.29 is 14.3 Å². The maximum Gasteiger partial charge on any atom is 0.341 e. The molecule has 27 heavy (non-hydrogen) atoms. The van der Waals surface area contributed by atoms with Gasteiger partial charge < -0.3 is 10.1 Å². The first-order valence-corrected chi connectivity index (χ1v) is 9.69. The van der Waals surface area contributed by atoms with Gasteiger partial charge in [-0.3, -0.25) is 4.79 Å². The zero-order valence-corrected chi connectivity index (χ0v) is 16.6. The molecule has 0 saturated heterocycles. The molecule has 3 aromatic rings. The van der Waals surface area contributed by atoms with E-state index in [0.717, 1.165) is 10.1 Å². The van der Waals surface area contributed by atoms with Crippen LogP contribution in [0.2, 0.25) is 10.0 Å². The number of amides is 1. The van der Waals surface area contributed by atoms with Crippen LogP contribution in [0.4, 0.5) is 5.00 Å². The Bertz CT molecular complexity index is 1040. The molecule has 0 aliphatic rings. The number of carbonyl (C=O) groups is 2. The van der Waals surface area contributed by atoms with E-state index in [-0.39, 0.29) is 12.5 Å². The molecule has 0 spiro atoms. The van der Waals surface area contributed by atoms with Gasteiger partial charge in [-0.15, -0.1) is 11.3 Å². The van der Waals surface area contributed by atoms with E-state index in [4.69, 9.17) is 27.9 Å². The fraction of sp³-hybridized carbons (Fsp3) is 0.100. The number of carbonyl (C=O) groups excluding carboxylic acids is 2. The maximum absolute atomic E-state index is 12.4. The number of halogens is 2. The van der Waals surface area contributed by atoms with Gasteiger partial charge in [0.2, 0.25) is 5.91 Å². The summed E-state index contributed by atoms with van der Waals surface area (Å²) in [6.45, 7) is 1.99. The van der Waals surface area contributed by atoms with Crippen LogP contribution in [0.15, 0.2) is 48.5 Å². The molecule has 0 aliphatic carbocycles. The number of hydrogen-bond acceptors (Lipinski definition) is 4. The summed E-state index contributed by atoms with van der Waals surface area (Å²) in [6, 6.07) is 12.5. The van der Waals surface area contributed by atoms with Crippen LogP contribution < -0.4 is 5.32 Å². The van der Waals surface area contributed by atoms with E-state index >= 15 is 0 Å². The summed E-state index contributed by atoms with van der Waals surface area (Å²) in [5, 5.41) is 4.93. The van der Waals surface area contributed by atoms with Crippen molar-refractivity contribution in [1.29, 1.82) is 0 Å². The highest BCUT2D eigenvalue weighted by atomic mass is 35.5. The van der Waals surface area contributed by atoms with Crippen molar-refractivity contribution >= 4 is 67.6 Å². The first-order valence-electron chi connectivity index (χ1n) is 8.12. The van der Waals surface area contributed by atoms with Gasteiger partial charge in [0.1, 0.15) is 10.6 Å². The largest absolute Gasteiger partial charge is 0.462 e. The Balaban J connectivity index is 1.87. The number of hydrogen-bond donors (Lipinski definition) is 1. The van der Waals surface area contributed by atoms with Crippen molar-refractivity contribution in [3.8, 4) is 0 Å². The predicted molar refractivity (Wildman–Crippen MR) is 112 cm³/mol. The number of benzene rings is 2. The average molecular weight is 420 g/mol. The Morgan fingerprint density at radius 2 is 1.96 bits per heavy atom. The van der Waals surface area contributed by atoms with Crippen LogP contribution in [0.3, 0.4) is 0 Å². The lowest BCUT2D eigenvalue weighted by atomic mass is 10.1. The standard InChI is InChI=1S/C20H15Cl2NO3S/c1-2-26-20(25)18-14-5-3-4-6-16(14)27-19(18)23-17(24)10-8-12-7-9-13(21)11-15(12)22/h3-11H,2H2,1H3,(H,23,24). The van der Waals surface area contributed by atoms with Crippen LogP contribution in [-0.2, 0) is 9.53 Å². The minimum atomic E-state index is -0.463. The quantitative estimate of drug-likeness (QED) is 0.405. The maximum atomic E-state index is 12.4. The molecule has 0 bridgehead atoms. The van der Waals surface area contributed by atoms with Crippen molar-refractivity contribution in [3.05, 3.63) is 69.7 Å². The van der Waals surface area contributed by atoms with E-state index < -0.39 is 5.97 Å². The SMILES string of the molecule is CCOC(=O)c1c(NC(=O)C=Cc2ccc(Cl)cc2Cl)sc2ccccc12. The zero-order chi connectivity index (χ0) is 19.4. The summed E-state index contributed by atoms with van der Waals surface area (Å²) in [7, 11) is 0. The number of ether oxygens (including phenoxy) is 1. The molecular formula is C20H15Cl2NO3S. The van der Waals surface area contributed by atoms with Crippen LogP contribution in [-0.4, -0.2) is 18.5 Å². The third-order valence-electron chi connectivity index (χ3n) is 3.69. The summed E-state index contributed by atoms with van der Waals surface area (Å²) in [6.07, 6.45) is 2.94. The average Bonchev–Trinajstić information content (AvgIpc) is 2.99. The summed E-state index contributed by atoms with van der Waals surface area (Å²) >= 11 is 13.3. The highest BCUT2D eigenvalue weighted by molar-refractivity contribution is 7.23. The first-order chi connectivity index (χ1) is 13.0. The number of anilines is 1. The highest BCUT2D eigenvalue weighted by Crippen LogP contribution is 2.36. The van der Waals surface area contributed by atoms with Crippen molar-refractivity contribution in [2.75, 3.05) is 11.9 Å². The van der Waals surface area contributed by atoms with E-state index in [1.54, 1.807) is 31.2 Å². The Hall–Kier alpha value is -2.34. The summed E-state index contributed by atoms with van der Waals surface area (Å²) < 4.78 is 6.03. The molecule has 0 aliphatic heterocycles. The molecule has 2 aromatic carbocycles. The van der Waals surface area contributed by atoms with Crippen LogP contribution in [0.5, 0.6) is 0 Å². The predicted octanol–water partition coefficient (Wildman–Crippen LogP) is 6.04. The lowest BCUT2D eigenvalue weighted by Crippen LogP contribution is -2.12. The van der Waals surface area contributed by atoms with Crippen molar-refractivity contribution in [2.45, 2.75) is 6.92 Å². The van der Waals surface area contributed by atoms with Gasteiger partial charge in [0.15, 0.2) is 0 Å². The second-order valence-corrected chi connectivity index (χ2v) is 7.41. The highest BCUT2D eigenvalue weighted by Gasteiger charge is 2.20. The van der Waals surface area contributed by atoms with E-state index in [1.807, 2.05) is 24.3 Å². The van der Waals surface area contributed by atoms with Gasteiger partial charge in [-0.25, -0.2) is 4.79 Å². The molecule has 0 unspecified atom stereocenters. The van der Waals surface area contributed by atoms with Crippen LogP contribution in [0.1, 0.15) is 22.8 Å². The van der Waals surface area contributed by atoms with Gasteiger partial charge in [0.25, 0.3) is 0 Å². The third kappa shape index (κ3) is 4.50. The lowest BCUT2D eigenvalue weighted by Gasteiger charge is -2.05. The Labute approximate surface area is 170 Å². The molecular weight excluding hydrogens is 405 g/mol. The van der Waals surface area contributed by atoms with Crippen molar-refractivity contribution in [1.82, 2.24) is 0 Å². The minimum absolute atomic E-state index is 0.255. The first kappa shape index (κ1) is 19.4. The lowest BCUT2D eigenvalue weighted by molar-refractivity contribution is -0.111. The third-order valence-corrected chi connectivity index (χ3v) is 5.34. The van der Waals surface area contributed by atoms with Gasteiger partial charge in [-0.2, -0.15) is 0 Å². The second kappa shape index (κ2) is 8.57. The molecule has 0 radical (unpaired) electrons. The molecule has 0 saturated carbocycles. The fourth-order valence-electron chi connectivity index (χ4n) is 2.50. The number of esters is 1. The van der Waals surface area contributed by atoms with Crippen LogP contribution >= 0.6 is 34.5 Å². The van der Waals surface area contributed by atoms with Crippen molar-refractivity contribution in [2.24, 2.45) is 0 Å². The molecule has 0 fully saturated rings. The second-order valence-electron chi connectivity index (χ2n) is 5.51.